The molecule has 0 spiro atoms. The summed E-state index contributed by atoms with van der Waals surface area (Å²) in [6, 6.07) is 5.63. The maximum atomic E-state index is 10.7. The van der Waals surface area contributed by atoms with Crippen LogP contribution in [0.15, 0.2) is 18.2 Å². The predicted octanol–water partition coefficient (Wildman–Crippen LogP) is 0.886. The molecule has 2 aliphatic heterocycles. The van der Waals surface area contributed by atoms with Gasteiger partial charge in [0, 0.05) is 37.9 Å². The van der Waals surface area contributed by atoms with Gasteiger partial charge in [0.1, 0.15) is 0 Å². The van der Waals surface area contributed by atoms with E-state index >= 15 is 0 Å². The Hall–Kier alpha value is -2.02. The van der Waals surface area contributed by atoms with Crippen molar-refractivity contribution in [3.05, 3.63) is 18.2 Å². The minimum absolute atomic E-state index is 0.261. The molecular weight excluding hydrogens is 278 g/mol. The highest BCUT2D eigenvalue weighted by molar-refractivity contribution is 7.80. The van der Waals surface area contributed by atoms with Crippen molar-refractivity contribution in [2.75, 3.05) is 38.3 Å². The van der Waals surface area contributed by atoms with Crippen LogP contribution in [0.2, 0.25) is 0 Å². The number of carbonyl (C=O) groups excluding carboxylic acids is 1. The van der Waals surface area contributed by atoms with Crippen LogP contribution in [0.3, 0.4) is 0 Å². The molecule has 3 rings (SSSR count). The van der Waals surface area contributed by atoms with Gasteiger partial charge in [-0.25, -0.2) is 0 Å². The number of benzene rings is 1. The number of hydrogen-bond acceptors (Lipinski definition) is 4. The minimum atomic E-state index is 0.261. The van der Waals surface area contributed by atoms with Crippen molar-refractivity contribution in [1.29, 1.82) is 0 Å². The Balaban J connectivity index is 1.60. The van der Waals surface area contributed by atoms with Gasteiger partial charge in [-0.15, -0.1) is 0 Å². The fourth-order valence-electron chi connectivity index (χ4n) is 2.21. The topological polar surface area (TPSA) is 54.0 Å². The molecule has 0 aliphatic carbocycles. The van der Waals surface area contributed by atoms with Crippen LogP contribution in [0.4, 0.5) is 5.69 Å². The Morgan fingerprint density at radius 2 is 1.95 bits per heavy atom. The zero-order chi connectivity index (χ0) is 13.9. The summed E-state index contributed by atoms with van der Waals surface area (Å²) in [5.74, 6) is 1.48. The molecule has 1 aromatic rings. The summed E-state index contributed by atoms with van der Waals surface area (Å²) in [4.78, 5) is 14.5. The van der Waals surface area contributed by atoms with E-state index in [1.54, 1.807) is 4.90 Å². The number of nitrogens with zero attached hydrogens (tertiary/aromatic N) is 2. The van der Waals surface area contributed by atoms with Crippen molar-refractivity contribution in [2.24, 2.45) is 0 Å². The van der Waals surface area contributed by atoms with Crippen LogP contribution >= 0.6 is 12.2 Å². The summed E-state index contributed by atoms with van der Waals surface area (Å²) in [6.45, 7) is 3.15. The molecule has 0 atom stereocenters. The van der Waals surface area contributed by atoms with Crippen LogP contribution in [0, 0.1) is 0 Å². The summed E-state index contributed by atoms with van der Waals surface area (Å²) in [7, 11) is 0. The zero-order valence-corrected chi connectivity index (χ0v) is 11.7. The first kappa shape index (κ1) is 13.0. The summed E-state index contributed by atoms with van der Waals surface area (Å²) >= 11 is 5.39. The molecule has 1 N–H and O–H groups in total. The van der Waals surface area contributed by atoms with Gasteiger partial charge in [-0.2, -0.15) is 0 Å². The average molecular weight is 293 g/mol. The summed E-state index contributed by atoms with van der Waals surface area (Å²) in [6.07, 6.45) is 0.881. The third-order valence-electron chi connectivity index (χ3n) is 3.37. The highest BCUT2D eigenvalue weighted by Gasteiger charge is 2.19. The van der Waals surface area contributed by atoms with Crippen LogP contribution in [0.25, 0.3) is 0 Å². The van der Waals surface area contributed by atoms with Gasteiger partial charge < -0.3 is 24.6 Å². The second kappa shape index (κ2) is 5.54. The highest BCUT2D eigenvalue weighted by Crippen LogP contribution is 2.34. The lowest BCUT2D eigenvalue weighted by Crippen LogP contribution is -2.49. The van der Waals surface area contributed by atoms with Crippen molar-refractivity contribution >= 4 is 29.4 Å². The lowest BCUT2D eigenvalue weighted by Gasteiger charge is -2.34. The molecule has 106 valence electrons. The number of nitrogens with one attached hydrogen (secondary N) is 1. The number of piperazine rings is 1. The quantitative estimate of drug-likeness (QED) is 0.645. The van der Waals surface area contributed by atoms with Crippen LogP contribution in [0.5, 0.6) is 11.5 Å². The molecule has 1 saturated heterocycles. The molecule has 0 saturated carbocycles. The number of carbonyl (C=O) groups is 1. The number of anilines is 1. The number of ether oxygens (including phenoxy) is 2. The first-order valence-electron chi connectivity index (χ1n) is 6.41. The van der Waals surface area contributed by atoms with Crippen molar-refractivity contribution < 1.29 is 14.3 Å². The van der Waals surface area contributed by atoms with E-state index in [-0.39, 0.29) is 6.79 Å². The molecule has 1 amide bonds. The van der Waals surface area contributed by atoms with Gasteiger partial charge in [-0.3, -0.25) is 4.79 Å². The molecule has 2 heterocycles. The average Bonchev–Trinajstić information content (AvgIpc) is 2.95. The van der Waals surface area contributed by atoms with Crippen LogP contribution < -0.4 is 14.8 Å². The molecule has 20 heavy (non-hydrogen) atoms. The van der Waals surface area contributed by atoms with Gasteiger partial charge in [-0.1, -0.05) is 0 Å². The first-order chi connectivity index (χ1) is 9.76. The summed E-state index contributed by atoms with van der Waals surface area (Å²) in [5, 5.41) is 3.85. The van der Waals surface area contributed by atoms with E-state index in [1.165, 1.54) is 0 Å². The van der Waals surface area contributed by atoms with E-state index in [0.29, 0.717) is 18.2 Å². The summed E-state index contributed by atoms with van der Waals surface area (Å²) in [5.41, 5.74) is 0.872. The monoisotopic (exact) mass is 293 g/mol. The molecule has 7 heteroatoms. The standard InChI is InChI=1S/C13H15N3O3S/c17-8-15-3-5-16(6-4-15)13(20)14-10-1-2-11-12(7-10)19-9-18-11/h1-2,7-8H,3-6,9H2,(H,14,20). The van der Waals surface area contributed by atoms with E-state index in [4.69, 9.17) is 21.7 Å². The van der Waals surface area contributed by atoms with Crippen molar-refractivity contribution in [1.82, 2.24) is 9.80 Å². The van der Waals surface area contributed by atoms with Gasteiger partial charge in [0.05, 0.1) is 0 Å². The van der Waals surface area contributed by atoms with Crippen molar-refractivity contribution in [3.63, 3.8) is 0 Å². The Kier molecular flexibility index (Phi) is 3.60. The Labute approximate surface area is 122 Å². The zero-order valence-electron chi connectivity index (χ0n) is 10.9. The van der Waals surface area contributed by atoms with Crippen molar-refractivity contribution in [3.8, 4) is 11.5 Å². The van der Waals surface area contributed by atoms with E-state index < -0.39 is 0 Å². The van der Waals surface area contributed by atoms with Gasteiger partial charge in [0.15, 0.2) is 16.6 Å². The SMILES string of the molecule is O=CN1CCN(C(=S)Nc2ccc3c(c2)OCO3)CC1. The number of amides is 1. The second-order valence-corrected chi connectivity index (χ2v) is 5.01. The molecule has 2 aliphatic rings. The minimum Gasteiger partial charge on any atom is -0.454 e. The first-order valence-corrected chi connectivity index (χ1v) is 6.82. The lowest BCUT2D eigenvalue weighted by atomic mass is 10.3. The Bertz CT molecular complexity index is 530. The van der Waals surface area contributed by atoms with E-state index in [1.807, 2.05) is 18.2 Å². The molecule has 0 radical (unpaired) electrons. The fourth-order valence-corrected chi connectivity index (χ4v) is 2.51. The second-order valence-electron chi connectivity index (χ2n) is 4.63. The molecule has 0 bridgehead atoms. The number of thiocarbonyl (C=S) groups is 1. The Morgan fingerprint density at radius 1 is 1.20 bits per heavy atom. The number of hydrogen-bond donors (Lipinski definition) is 1. The van der Waals surface area contributed by atoms with Gasteiger partial charge in [0.2, 0.25) is 13.2 Å². The highest BCUT2D eigenvalue weighted by atomic mass is 32.1. The molecule has 0 aromatic heterocycles. The smallest absolute Gasteiger partial charge is 0.231 e. The third-order valence-corrected chi connectivity index (χ3v) is 3.73. The molecule has 1 aromatic carbocycles. The fraction of sp³-hybridized carbons (Fsp3) is 0.385. The van der Waals surface area contributed by atoms with Crippen LogP contribution in [-0.2, 0) is 4.79 Å². The van der Waals surface area contributed by atoms with E-state index in [9.17, 15) is 4.79 Å². The lowest BCUT2D eigenvalue weighted by molar-refractivity contribution is -0.119. The molecule has 0 unspecified atom stereocenters. The molecule has 1 fully saturated rings. The number of rotatable bonds is 2. The van der Waals surface area contributed by atoms with E-state index in [0.717, 1.165) is 36.7 Å². The maximum absolute atomic E-state index is 10.7. The van der Waals surface area contributed by atoms with Gasteiger partial charge >= 0.3 is 0 Å². The number of fused-ring (bicyclic) bond motifs is 1. The van der Waals surface area contributed by atoms with Crippen LogP contribution in [0.1, 0.15) is 0 Å². The maximum Gasteiger partial charge on any atom is 0.231 e. The van der Waals surface area contributed by atoms with Crippen molar-refractivity contribution in [2.45, 2.75) is 0 Å². The predicted molar refractivity (Wildman–Crippen MR) is 78.0 cm³/mol. The molecule has 6 nitrogen and oxygen atoms in total. The van der Waals surface area contributed by atoms with Crippen LogP contribution in [-0.4, -0.2) is 54.3 Å². The molecular formula is C13H15N3O3S. The van der Waals surface area contributed by atoms with Gasteiger partial charge in [-0.05, 0) is 24.4 Å². The Morgan fingerprint density at radius 3 is 2.70 bits per heavy atom. The van der Waals surface area contributed by atoms with E-state index in [2.05, 4.69) is 10.2 Å². The largest absolute Gasteiger partial charge is 0.454 e. The van der Waals surface area contributed by atoms with Gasteiger partial charge in [0.25, 0.3) is 0 Å². The summed E-state index contributed by atoms with van der Waals surface area (Å²) < 4.78 is 10.6. The normalized spacial score (nSPS) is 17.0. The third kappa shape index (κ3) is 2.62.